The van der Waals surface area contributed by atoms with Gasteiger partial charge in [0, 0.05) is 12.2 Å². The maximum Gasteiger partial charge on any atom is 0.326 e. The van der Waals surface area contributed by atoms with E-state index in [1.807, 2.05) is 20.8 Å². The first-order chi connectivity index (χ1) is 9.95. The molecule has 0 radical (unpaired) electrons. The Morgan fingerprint density at radius 2 is 2.10 bits per heavy atom. The molecule has 0 unspecified atom stereocenters. The minimum atomic E-state index is -1.01. The Balaban J connectivity index is 2.84. The molecule has 0 fully saturated rings. The highest BCUT2D eigenvalue weighted by Crippen LogP contribution is 2.13. The Morgan fingerprint density at radius 3 is 2.67 bits per heavy atom. The summed E-state index contributed by atoms with van der Waals surface area (Å²) in [5, 5.41) is 14.8. The Hall–Kier alpha value is -2.11. The van der Waals surface area contributed by atoms with Crippen LogP contribution in [0.5, 0.6) is 0 Å². The molecule has 3 N–H and O–H groups in total. The third-order valence-electron chi connectivity index (χ3n) is 2.93. The second kappa shape index (κ2) is 8.24. The first-order valence-electron chi connectivity index (χ1n) is 7.21. The van der Waals surface area contributed by atoms with Gasteiger partial charge in [-0.25, -0.2) is 9.78 Å². The van der Waals surface area contributed by atoms with Gasteiger partial charge in [-0.3, -0.25) is 4.79 Å². The molecule has 1 aromatic rings. The van der Waals surface area contributed by atoms with Crippen LogP contribution in [0.15, 0.2) is 18.3 Å². The van der Waals surface area contributed by atoms with E-state index in [1.54, 1.807) is 18.3 Å². The molecule has 1 rings (SSSR count). The SMILES string of the molecule is CCCC[C@H](NC(=O)c1cccnc1NC(C)C)C(=O)O. The van der Waals surface area contributed by atoms with Gasteiger partial charge in [-0.2, -0.15) is 0 Å². The molecule has 1 heterocycles. The van der Waals surface area contributed by atoms with E-state index in [9.17, 15) is 9.59 Å². The summed E-state index contributed by atoms with van der Waals surface area (Å²) in [7, 11) is 0. The van der Waals surface area contributed by atoms with Gasteiger partial charge >= 0.3 is 5.97 Å². The van der Waals surface area contributed by atoms with Crippen molar-refractivity contribution in [3.63, 3.8) is 0 Å². The zero-order chi connectivity index (χ0) is 15.8. The summed E-state index contributed by atoms with van der Waals surface area (Å²) in [6.45, 7) is 5.86. The zero-order valence-electron chi connectivity index (χ0n) is 12.7. The van der Waals surface area contributed by atoms with Gasteiger partial charge in [0.2, 0.25) is 0 Å². The first kappa shape index (κ1) is 16.9. The number of hydrogen-bond donors (Lipinski definition) is 3. The van der Waals surface area contributed by atoms with Crippen molar-refractivity contribution in [3.8, 4) is 0 Å². The molecule has 1 atom stereocenters. The van der Waals surface area contributed by atoms with E-state index in [0.717, 1.165) is 12.8 Å². The van der Waals surface area contributed by atoms with E-state index in [1.165, 1.54) is 0 Å². The van der Waals surface area contributed by atoms with Crippen molar-refractivity contribution >= 4 is 17.7 Å². The van der Waals surface area contributed by atoms with Gasteiger partial charge in [0.15, 0.2) is 0 Å². The van der Waals surface area contributed by atoms with Crippen molar-refractivity contribution in [1.82, 2.24) is 10.3 Å². The molecule has 1 aromatic heterocycles. The number of aliphatic carboxylic acids is 1. The number of hydrogen-bond acceptors (Lipinski definition) is 4. The predicted molar refractivity (Wildman–Crippen MR) is 81.4 cm³/mol. The summed E-state index contributed by atoms with van der Waals surface area (Å²) in [4.78, 5) is 27.6. The number of unbranched alkanes of at least 4 members (excludes halogenated alkanes) is 1. The summed E-state index contributed by atoms with van der Waals surface area (Å²) >= 11 is 0. The molecule has 0 spiro atoms. The number of rotatable bonds is 8. The molecule has 116 valence electrons. The van der Waals surface area contributed by atoms with E-state index in [4.69, 9.17) is 5.11 Å². The fourth-order valence-corrected chi connectivity index (χ4v) is 1.88. The molecule has 0 saturated carbocycles. The zero-order valence-corrected chi connectivity index (χ0v) is 12.7. The highest BCUT2D eigenvalue weighted by Gasteiger charge is 2.21. The number of carboxylic acids is 1. The van der Waals surface area contributed by atoms with E-state index in [-0.39, 0.29) is 6.04 Å². The third-order valence-corrected chi connectivity index (χ3v) is 2.93. The number of nitrogens with zero attached hydrogens (tertiary/aromatic N) is 1. The lowest BCUT2D eigenvalue weighted by Gasteiger charge is -2.17. The lowest BCUT2D eigenvalue weighted by atomic mass is 10.1. The van der Waals surface area contributed by atoms with Crippen LogP contribution in [-0.4, -0.2) is 34.1 Å². The molecule has 6 nitrogen and oxygen atoms in total. The van der Waals surface area contributed by atoms with Gasteiger partial charge in [0.1, 0.15) is 11.9 Å². The van der Waals surface area contributed by atoms with E-state index >= 15 is 0 Å². The molecular weight excluding hydrogens is 270 g/mol. The van der Waals surface area contributed by atoms with Gasteiger partial charge in [-0.15, -0.1) is 0 Å². The summed E-state index contributed by atoms with van der Waals surface area (Å²) in [6.07, 6.45) is 3.64. The number of carbonyl (C=O) groups is 2. The number of carboxylic acid groups (broad SMARTS) is 1. The lowest BCUT2D eigenvalue weighted by molar-refractivity contribution is -0.139. The van der Waals surface area contributed by atoms with Crippen molar-refractivity contribution in [2.75, 3.05) is 5.32 Å². The second-order valence-corrected chi connectivity index (χ2v) is 5.21. The molecule has 1 amide bonds. The fraction of sp³-hybridized carbons (Fsp3) is 0.533. The number of aromatic nitrogens is 1. The summed E-state index contributed by atoms with van der Waals surface area (Å²) < 4.78 is 0. The molecule has 0 aliphatic rings. The normalized spacial score (nSPS) is 12.0. The topological polar surface area (TPSA) is 91.3 Å². The van der Waals surface area contributed by atoms with Crippen LogP contribution >= 0.6 is 0 Å². The van der Waals surface area contributed by atoms with Crippen molar-refractivity contribution in [1.29, 1.82) is 0 Å². The van der Waals surface area contributed by atoms with E-state index in [0.29, 0.717) is 17.8 Å². The van der Waals surface area contributed by atoms with E-state index < -0.39 is 17.9 Å². The fourth-order valence-electron chi connectivity index (χ4n) is 1.88. The van der Waals surface area contributed by atoms with Gasteiger partial charge in [0.05, 0.1) is 5.56 Å². The van der Waals surface area contributed by atoms with Crippen LogP contribution < -0.4 is 10.6 Å². The molecule has 21 heavy (non-hydrogen) atoms. The molecular formula is C15H23N3O3. The van der Waals surface area contributed by atoms with Gasteiger partial charge < -0.3 is 15.7 Å². The number of nitrogens with one attached hydrogen (secondary N) is 2. The summed E-state index contributed by atoms with van der Waals surface area (Å²) in [5.74, 6) is -0.974. The molecule has 0 saturated heterocycles. The number of carbonyl (C=O) groups excluding carboxylic acids is 1. The van der Waals surface area contributed by atoms with Gasteiger partial charge in [-0.05, 0) is 32.4 Å². The Bertz CT molecular complexity index is 489. The summed E-state index contributed by atoms with van der Waals surface area (Å²) in [5.41, 5.74) is 0.356. The van der Waals surface area contributed by atoms with Crippen molar-refractivity contribution in [2.24, 2.45) is 0 Å². The third kappa shape index (κ3) is 5.41. The van der Waals surface area contributed by atoms with Gasteiger partial charge in [-0.1, -0.05) is 19.8 Å². The lowest BCUT2D eigenvalue weighted by Crippen LogP contribution is -2.41. The van der Waals surface area contributed by atoms with Crippen LogP contribution in [0.2, 0.25) is 0 Å². The number of amides is 1. The molecule has 0 aromatic carbocycles. The van der Waals surface area contributed by atoms with E-state index in [2.05, 4.69) is 15.6 Å². The Kier molecular flexibility index (Phi) is 6.65. The van der Waals surface area contributed by atoms with Crippen LogP contribution in [0, 0.1) is 0 Å². The van der Waals surface area contributed by atoms with Crippen LogP contribution in [0.4, 0.5) is 5.82 Å². The van der Waals surface area contributed by atoms with Crippen LogP contribution in [0.25, 0.3) is 0 Å². The van der Waals surface area contributed by atoms with Crippen LogP contribution in [0.3, 0.4) is 0 Å². The Labute approximate surface area is 125 Å². The smallest absolute Gasteiger partial charge is 0.326 e. The molecule has 6 heteroatoms. The monoisotopic (exact) mass is 293 g/mol. The van der Waals surface area contributed by atoms with Crippen molar-refractivity contribution < 1.29 is 14.7 Å². The summed E-state index contributed by atoms with van der Waals surface area (Å²) in [6, 6.07) is 2.54. The molecule has 0 aliphatic carbocycles. The minimum absolute atomic E-state index is 0.127. The Morgan fingerprint density at radius 1 is 1.38 bits per heavy atom. The van der Waals surface area contributed by atoms with Crippen molar-refractivity contribution in [3.05, 3.63) is 23.9 Å². The maximum absolute atomic E-state index is 12.3. The average Bonchev–Trinajstić information content (AvgIpc) is 2.42. The highest BCUT2D eigenvalue weighted by molar-refractivity contribution is 6.00. The average molecular weight is 293 g/mol. The molecule has 0 bridgehead atoms. The standard InChI is InChI=1S/C15H23N3O3/c1-4-5-8-12(15(20)21)18-14(19)11-7-6-9-16-13(11)17-10(2)3/h6-7,9-10,12H,4-5,8H2,1-3H3,(H,16,17)(H,18,19)(H,20,21)/t12-/m0/s1. The number of anilines is 1. The minimum Gasteiger partial charge on any atom is -0.480 e. The van der Waals surface area contributed by atoms with Crippen LogP contribution in [0.1, 0.15) is 50.4 Å². The molecule has 0 aliphatic heterocycles. The maximum atomic E-state index is 12.3. The largest absolute Gasteiger partial charge is 0.480 e. The van der Waals surface area contributed by atoms with Gasteiger partial charge in [0.25, 0.3) is 5.91 Å². The first-order valence-corrected chi connectivity index (χ1v) is 7.21. The number of pyridine rings is 1. The van der Waals surface area contributed by atoms with Crippen LogP contribution in [-0.2, 0) is 4.79 Å². The second-order valence-electron chi connectivity index (χ2n) is 5.21. The van der Waals surface area contributed by atoms with Crippen molar-refractivity contribution in [2.45, 2.75) is 52.1 Å². The quantitative estimate of drug-likeness (QED) is 0.684. The predicted octanol–water partition coefficient (Wildman–Crippen LogP) is 2.28. The highest BCUT2D eigenvalue weighted by atomic mass is 16.4.